The van der Waals surface area contributed by atoms with E-state index in [0.717, 1.165) is 75.9 Å². The van der Waals surface area contributed by atoms with Crippen molar-refractivity contribution in [2.45, 2.75) is 33.5 Å². The smallest absolute Gasteiger partial charge is 0.240 e. The Labute approximate surface area is 265 Å². The number of hydrogen-bond acceptors (Lipinski definition) is 10. The summed E-state index contributed by atoms with van der Waals surface area (Å²) in [6, 6.07) is 15.8. The predicted molar refractivity (Wildman–Crippen MR) is 176 cm³/mol. The van der Waals surface area contributed by atoms with E-state index in [1.165, 1.54) is 0 Å². The number of aryl methyl sites for hydroxylation is 2. The van der Waals surface area contributed by atoms with Gasteiger partial charge in [-0.25, -0.2) is 14.6 Å². The molecule has 0 saturated carbocycles. The van der Waals surface area contributed by atoms with Crippen molar-refractivity contribution in [1.29, 1.82) is 0 Å². The number of aromatic nitrogens is 4. The van der Waals surface area contributed by atoms with Crippen molar-refractivity contribution >= 4 is 40.0 Å². The van der Waals surface area contributed by atoms with Crippen LogP contribution in [0.25, 0.3) is 17.8 Å². The molecule has 5 aromatic rings. The number of hydrogen-bond donors (Lipinski definition) is 0. The van der Waals surface area contributed by atoms with Crippen molar-refractivity contribution in [2.24, 2.45) is 0 Å². The Kier molecular flexibility index (Phi) is 9.55. The first kappa shape index (κ1) is 29.9. The second kappa shape index (κ2) is 14.1. The van der Waals surface area contributed by atoms with Gasteiger partial charge in [-0.05, 0) is 55.3 Å². The number of para-hydroxylation sites is 1. The molecule has 0 radical (unpaired) electrons. The summed E-state index contributed by atoms with van der Waals surface area (Å²) in [5.41, 5.74) is 4.61. The molecule has 0 unspecified atom stereocenters. The number of anilines is 1. The summed E-state index contributed by atoms with van der Waals surface area (Å²) in [6.45, 7) is 8.06. The third-order valence-electron chi connectivity index (χ3n) is 7.16. The molecular weight excluding hydrogens is 595 g/mol. The first-order chi connectivity index (χ1) is 21.6. The second-order valence-corrected chi connectivity index (χ2v) is 12.3. The van der Waals surface area contributed by atoms with E-state index in [1.807, 2.05) is 71.6 Å². The van der Waals surface area contributed by atoms with Crippen molar-refractivity contribution in [2.75, 3.05) is 38.3 Å². The molecule has 1 fully saturated rings. The van der Waals surface area contributed by atoms with Gasteiger partial charge in [0.1, 0.15) is 13.2 Å². The highest BCUT2D eigenvalue weighted by atomic mass is 32.1. The molecule has 3 aromatic heterocycles. The third kappa shape index (κ3) is 7.12. The Morgan fingerprint density at radius 1 is 0.977 bits per heavy atom. The number of nitrogens with zero attached hydrogens (tertiary/aromatic N) is 5. The molecule has 4 heterocycles. The zero-order valence-electron chi connectivity index (χ0n) is 25.1. The lowest BCUT2D eigenvalue weighted by Crippen LogP contribution is -2.36. The van der Waals surface area contributed by atoms with Crippen molar-refractivity contribution < 1.29 is 18.9 Å². The summed E-state index contributed by atoms with van der Waals surface area (Å²) < 4.78 is 25.4. The molecule has 0 amide bonds. The minimum absolute atomic E-state index is 0.314. The molecule has 11 heteroatoms. The van der Waals surface area contributed by atoms with E-state index in [-0.39, 0.29) is 0 Å². The van der Waals surface area contributed by atoms with Crippen LogP contribution in [0, 0.1) is 6.92 Å². The first-order valence-corrected chi connectivity index (χ1v) is 16.3. The minimum atomic E-state index is 0.314. The highest BCUT2D eigenvalue weighted by Gasteiger charge is 2.18. The maximum atomic E-state index is 6.27. The van der Waals surface area contributed by atoms with Gasteiger partial charge in [-0.15, -0.1) is 27.8 Å². The van der Waals surface area contributed by atoms with E-state index in [9.17, 15) is 0 Å². The number of rotatable bonds is 12. The normalized spacial score (nSPS) is 13.5. The zero-order valence-corrected chi connectivity index (χ0v) is 26.7. The molecule has 0 atom stereocenters. The Hall–Kier alpha value is -4.19. The molecule has 0 spiro atoms. The van der Waals surface area contributed by atoms with Crippen LogP contribution in [0.3, 0.4) is 0 Å². The van der Waals surface area contributed by atoms with E-state index in [1.54, 1.807) is 29.8 Å². The molecule has 0 N–H and O–H groups in total. The van der Waals surface area contributed by atoms with Crippen LogP contribution < -0.4 is 19.1 Å². The summed E-state index contributed by atoms with van der Waals surface area (Å²) >= 11 is 3.36. The topological polar surface area (TPSA) is 83.8 Å². The monoisotopic (exact) mass is 629 g/mol. The SMILES string of the molecule is CCc1nc(/C=C\c2cn(-c3ccccc3)nc2OCc2ccc(OCc3nc(N4CCOCC4)sc3C)c(OC)c2)cs1. The summed E-state index contributed by atoms with van der Waals surface area (Å²) in [5, 5.41) is 8.94. The van der Waals surface area contributed by atoms with Gasteiger partial charge in [-0.3, -0.25) is 0 Å². The minimum Gasteiger partial charge on any atom is -0.493 e. The average molecular weight is 630 g/mol. The fourth-order valence-corrected chi connectivity index (χ4v) is 6.38. The Bertz CT molecular complexity index is 1710. The largest absolute Gasteiger partial charge is 0.493 e. The Balaban J connectivity index is 1.15. The van der Waals surface area contributed by atoms with Crippen LogP contribution in [0.2, 0.25) is 0 Å². The lowest BCUT2D eigenvalue weighted by atomic mass is 10.2. The van der Waals surface area contributed by atoms with Gasteiger partial charge in [-0.2, -0.15) is 0 Å². The van der Waals surface area contributed by atoms with Gasteiger partial charge in [0.05, 0.1) is 48.0 Å². The molecule has 1 aliphatic rings. The van der Waals surface area contributed by atoms with Crippen molar-refractivity contribution in [3.05, 3.63) is 92.5 Å². The summed E-state index contributed by atoms with van der Waals surface area (Å²) in [5.74, 6) is 1.83. The van der Waals surface area contributed by atoms with Crippen molar-refractivity contribution in [1.82, 2.24) is 19.7 Å². The van der Waals surface area contributed by atoms with E-state index >= 15 is 0 Å². The fraction of sp³-hybridized carbons (Fsp3) is 0.303. The van der Waals surface area contributed by atoms with Crippen molar-refractivity contribution in [3.8, 4) is 23.1 Å². The van der Waals surface area contributed by atoms with Crippen LogP contribution in [0.4, 0.5) is 5.13 Å². The van der Waals surface area contributed by atoms with E-state index in [0.29, 0.717) is 30.6 Å². The van der Waals surface area contributed by atoms with Crippen LogP contribution in [0.1, 0.15) is 39.3 Å². The van der Waals surface area contributed by atoms with Gasteiger partial charge in [0.25, 0.3) is 0 Å². The van der Waals surface area contributed by atoms with Crippen LogP contribution in [-0.4, -0.2) is 53.2 Å². The molecule has 9 nitrogen and oxygen atoms in total. The molecule has 1 aliphatic heterocycles. The molecule has 2 aromatic carbocycles. The predicted octanol–water partition coefficient (Wildman–Crippen LogP) is 6.83. The maximum absolute atomic E-state index is 6.27. The van der Waals surface area contributed by atoms with E-state index in [2.05, 4.69) is 29.1 Å². The van der Waals surface area contributed by atoms with E-state index in [4.69, 9.17) is 29.0 Å². The summed E-state index contributed by atoms with van der Waals surface area (Å²) in [7, 11) is 1.64. The molecule has 6 rings (SSSR count). The standard InChI is InChI=1S/C33H35N5O4S2/c1-4-31-34-26(22-43-31)12-11-25-19-38(27-8-6-5-7-9-27)36-32(25)42-20-24-10-13-29(30(18-24)39-3)41-21-28-23(2)44-33(35-28)37-14-16-40-17-15-37/h5-13,18-19,22H,4,14-17,20-21H2,1-3H3/b12-11-. The maximum Gasteiger partial charge on any atom is 0.240 e. The fourth-order valence-electron chi connectivity index (χ4n) is 4.71. The number of morpholine rings is 1. The summed E-state index contributed by atoms with van der Waals surface area (Å²) in [6.07, 6.45) is 6.89. The molecule has 44 heavy (non-hydrogen) atoms. The summed E-state index contributed by atoms with van der Waals surface area (Å²) in [4.78, 5) is 12.9. The molecule has 1 saturated heterocycles. The van der Waals surface area contributed by atoms with Crippen LogP contribution in [0.15, 0.2) is 60.1 Å². The van der Waals surface area contributed by atoms with Gasteiger partial charge in [0, 0.05) is 29.5 Å². The second-order valence-electron chi connectivity index (χ2n) is 10.2. The Morgan fingerprint density at radius 2 is 1.82 bits per heavy atom. The highest BCUT2D eigenvalue weighted by molar-refractivity contribution is 7.15. The quantitative estimate of drug-likeness (QED) is 0.149. The molecular formula is C33H35N5O4S2. The Morgan fingerprint density at radius 3 is 2.59 bits per heavy atom. The third-order valence-corrected chi connectivity index (χ3v) is 9.25. The zero-order chi connectivity index (χ0) is 30.3. The van der Waals surface area contributed by atoms with Crippen LogP contribution >= 0.6 is 22.7 Å². The van der Waals surface area contributed by atoms with Gasteiger partial charge in [0.2, 0.25) is 5.88 Å². The van der Waals surface area contributed by atoms with Gasteiger partial charge in [-0.1, -0.05) is 31.2 Å². The van der Waals surface area contributed by atoms with Gasteiger partial charge >= 0.3 is 0 Å². The van der Waals surface area contributed by atoms with Gasteiger partial charge < -0.3 is 23.8 Å². The average Bonchev–Trinajstić information content (AvgIpc) is 3.81. The van der Waals surface area contributed by atoms with Gasteiger partial charge in [0.15, 0.2) is 16.6 Å². The molecule has 228 valence electrons. The number of thiazole rings is 2. The van der Waals surface area contributed by atoms with Crippen molar-refractivity contribution in [3.63, 3.8) is 0 Å². The van der Waals surface area contributed by atoms with Crippen LogP contribution in [0.5, 0.6) is 17.4 Å². The number of ether oxygens (including phenoxy) is 4. The lowest BCUT2D eigenvalue weighted by molar-refractivity contribution is 0.122. The lowest BCUT2D eigenvalue weighted by Gasteiger charge is -2.26. The molecule has 0 bridgehead atoms. The molecule has 0 aliphatic carbocycles. The first-order valence-electron chi connectivity index (χ1n) is 14.6. The number of methoxy groups -OCH3 is 1. The van der Waals surface area contributed by atoms with E-state index < -0.39 is 0 Å². The highest BCUT2D eigenvalue weighted by Crippen LogP contribution is 2.32. The van der Waals surface area contributed by atoms with Crippen LogP contribution in [-0.2, 0) is 24.4 Å². The number of benzene rings is 2.